The molecular formula is C20H24FN3O3S. The molecule has 28 heavy (non-hydrogen) atoms. The maximum absolute atomic E-state index is 13.0. The second-order valence-electron chi connectivity index (χ2n) is 7.70. The molecule has 1 saturated carbocycles. The lowest BCUT2D eigenvalue weighted by Crippen LogP contribution is -2.59. The van der Waals surface area contributed by atoms with Gasteiger partial charge in [-0.25, -0.2) is 12.8 Å². The van der Waals surface area contributed by atoms with E-state index in [1.807, 2.05) is 0 Å². The average Bonchev–Trinajstić information content (AvgIpc) is 3.10. The number of halogens is 1. The predicted molar refractivity (Wildman–Crippen MR) is 104 cm³/mol. The van der Waals surface area contributed by atoms with Gasteiger partial charge in [-0.3, -0.25) is 9.48 Å². The van der Waals surface area contributed by atoms with Crippen molar-refractivity contribution in [1.29, 1.82) is 0 Å². The number of sulfone groups is 1. The molecule has 1 amide bonds. The normalized spacial score (nSPS) is 18.8. The Labute approximate surface area is 164 Å². The highest BCUT2D eigenvalue weighted by Crippen LogP contribution is 2.30. The molecule has 1 aliphatic carbocycles. The molecule has 2 fully saturated rings. The fourth-order valence-electron chi connectivity index (χ4n) is 4.00. The van der Waals surface area contributed by atoms with Crippen LogP contribution in [-0.4, -0.2) is 52.6 Å². The van der Waals surface area contributed by atoms with Crippen molar-refractivity contribution >= 4 is 15.7 Å². The minimum atomic E-state index is -3.15. The van der Waals surface area contributed by atoms with Gasteiger partial charge in [-0.2, -0.15) is 5.10 Å². The van der Waals surface area contributed by atoms with Gasteiger partial charge in [-0.1, -0.05) is 31.4 Å². The van der Waals surface area contributed by atoms with E-state index in [1.54, 1.807) is 29.4 Å². The fraction of sp³-hybridized carbons (Fsp3) is 0.500. The Morgan fingerprint density at radius 2 is 1.71 bits per heavy atom. The third-order valence-electron chi connectivity index (χ3n) is 5.79. The number of amides is 1. The number of carbonyl (C=O) groups is 1. The Balaban J connectivity index is 1.33. The van der Waals surface area contributed by atoms with E-state index in [2.05, 4.69) is 5.10 Å². The van der Waals surface area contributed by atoms with Crippen LogP contribution >= 0.6 is 0 Å². The Morgan fingerprint density at radius 3 is 2.39 bits per heavy atom. The van der Waals surface area contributed by atoms with Gasteiger partial charge in [-0.15, -0.1) is 0 Å². The summed E-state index contributed by atoms with van der Waals surface area (Å²) in [6.45, 7) is 0.630. The van der Waals surface area contributed by atoms with E-state index >= 15 is 0 Å². The number of likely N-dealkylation sites (tertiary alicyclic amines) is 1. The lowest BCUT2D eigenvalue weighted by atomic mass is 10.0. The van der Waals surface area contributed by atoms with Gasteiger partial charge in [0, 0.05) is 24.8 Å². The quantitative estimate of drug-likeness (QED) is 0.767. The topological polar surface area (TPSA) is 72.3 Å². The average molecular weight is 405 g/mol. The summed E-state index contributed by atoms with van der Waals surface area (Å²) in [4.78, 5) is 14.0. The molecule has 8 heteroatoms. The van der Waals surface area contributed by atoms with E-state index in [0.29, 0.717) is 0 Å². The Hall–Kier alpha value is -2.22. The first-order valence-corrected chi connectivity index (χ1v) is 11.3. The van der Waals surface area contributed by atoms with E-state index in [1.165, 1.54) is 16.8 Å². The molecular weight excluding hydrogens is 381 g/mol. The lowest BCUT2D eigenvalue weighted by molar-refractivity contribution is -0.135. The maximum Gasteiger partial charge on any atom is 0.244 e. The standard InChI is InChI=1S/C20H24FN3O3S/c21-17-8-6-15(7-9-17)16-10-22-24(11-16)14-20(25)23-12-19(13-23)28(26,27)18-4-2-1-3-5-18/h6-11,18-19H,1-5,12-14H2. The van der Waals surface area contributed by atoms with Crippen LogP contribution in [0.25, 0.3) is 11.1 Å². The number of aromatic nitrogens is 2. The van der Waals surface area contributed by atoms with Gasteiger partial charge in [0.1, 0.15) is 12.4 Å². The van der Waals surface area contributed by atoms with Crippen molar-refractivity contribution < 1.29 is 17.6 Å². The number of hydrogen-bond acceptors (Lipinski definition) is 4. The zero-order chi connectivity index (χ0) is 19.7. The number of rotatable bonds is 5. The molecule has 4 rings (SSSR count). The molecule has 2 aromatic rings. The first-order chi connectivity index (χ1) is 13.4. The molecule has 1 aliphatic heterocycles. The molecule has 2 aliphatic rings. The molecule has 1 saturated heterocycles. The summed E-state index contributed by atoms with van der Waals surface area (Å²) in [5.74, 6) is -0.439. The van der Waals surface area contributed by atoms with Gasteiger partial charge < -0.3 is 4.90 Å². The van der Waals surface area contributed by atoms with Gasteiger partial charge in [0.25, 0.3) is 0 Å². The Bertz CT molecular complexity index is 943. The molecule has 0 spiro atoms. The first-order valence-electron chi connectivity index (χ1n) is 9.72. The molecule has 1 aromatic heterocycles. The highest BCUT2D eigenvalue weighted by Gasteiger charge is 2.43. The van der Waals surface area contributed by atoms with Gasteiger partial charge in [0.05, 0.1) is 16.7 Å². The number of nitrogens with zero attached hydrogens (tertiary/aromatic N) is 3. The molecule has 0 radical (unpaired) electrons. The third kappa shape index (κ3) is 3.83. The molecule has 150 valence electrons. The Morgan fingerprint density at radius 1 is 1.04 bits per heavy atom. The smallest absolute Gasteiger partial charge is 0.244 e. The minimum Gasteiger partial charge on any atom is -0.338 e. The lowest BCUT2D eigenvalue weighted by Gasteiger charge is -2.40. The van der Waals surface area contributed by atoms with Gasteiger partial charge in [0.2, 0.25) is 5.91 Å². The van der Waals surface area contributed by atoms with E-state index in [-0.39, 0.29) is 36.6 Å². The number of hydrogen-bond donors (Lipinski definition) is 0. The van der Waals surface area contributed by atoms with Crippen LogP contribution in [0.3, 0.4) is 0 Å². The third-order valence-corrected chi connectivity index (χ3v) is 8.42. The van der Waals surface area contributed by atoms with Crippen molar-refractivity contribution in [3.8, 4) is 11.1 Å². The van der Waals surface area contributed by atoms with Crippen molar-refractivity contribution in [3.63, 3.8) is 0 Å². The largest absolute Gasteiger partial charge is 0.338 e. The summed E-state index contributed by atoms with van der Waals surface area (Å²) in [6.07, 6.45) is 7.96. The second kappa shape index (κ2) is 7.66. The van der Waals surface area contributed by atoms with Crippen molar-refractivity contribution in [2.45, 2.75) is 49.1 Å². The molecule has 1 aromatic carbocycles. The van der Waals surface area contributed by atoms with Crippen LogP contribution in [0.1, 0.15) is 32.1 Å². The van der Waals surface area contributed by atoms with Crippen molar-refractivity contribution in [2.24, 2.45) is 0 Å². The van der Waals surface area contributed by atoms with Gasteiger partial charge >= 0.3 is 0 Å². The van der Waals surface area contributed by atoms with E-state index in [0.717, 1.165) is 43.2 Å². The van der Waals surface area contributed by atoms with Crippen LogP contribution in [0.5, 0.6) is 0 Å². The predicted octanol–water partition coefficient (Wildman–Crippen LogP) is 2.65. The summed E-state index contributed by atoms with van der Waals surface area (Å²) in [5.41, 5.74) is 1.62. The summed E-state index contributed by atoms with van der Waals surface area (Å²) >= 11 is 0. The summed E-state index contributed by atoms with van der Waals surface area (Å²) in [6, 6.07) is 6.08. The monoisotopic (exact) mass is 405 g/mol. The van der Waals surface area contributed by atoms with Crippen molar-refractivity contribution in [2.75, 3.05) is 13.1 Å². The summed E-state index contributed by atoms with van der Waals surface area (Å²) in [5, 5.41) is 3.54. The zero-order valence-corrected chi connectivity index (χ0v) is 16.4. The second-order valence-corrected chi connectivity index (χ2v) is 10.2. The molecule has 0 unspecified atom stereocenters. The van der Waals surface area contributed by atoms with E-state index in [4.69, 9.17) is 0 Å². The highest BCUT2D eigenvalue weighted by atomic mass is 32.2. The first kappa shape index (κ1) is 19.1. The van der Waals surface area contributed by atoms with Crippen LogP contribution in [0.4, 0.5) is 4.39 Å². The molecule has 0 atom stereocenters. The van der Waals surface area contributed by atoms with Crippen LogP contribution in [0.2, 0.25) is 0 Å². The summed E-state index contributed by atoms with van der Waals surface area (Å²) < 4.78 is 40.0. The molecule has 2 heterocycles. The zero-order valence-electron chi connectivity index (χ0n) is 15.6. The maximum atomic E-state index is 13.0. The van der Waals surface area contributed by atoms with Gasteiger partial charge in [-0.05, 0) is 30.5 Å². The molecule has 6 nitrogen and oxygen atoms in total. The van der Waals surface area contributed by atoms with E-state index < -0.39 is 15.1 Å². The number of carbonyl (C=O) groups excluding carboxylic acids is 1. The number of benzene rings is 1. The molecule has 0 bridgehead atoms. The van der Waals surface area contributed by atoms with Crippen molar-refractivity contribution in [3.05, 3.63) is 42.5 Å². The minimum absolute atomic E-state index is 0.0669. The van der Waals surface area contributed by atoms with Gasteiger partial charge in [0.15, 0.2) is 9.84 Å². The summed E-state index contributed by atoms with van der Waals surface area (Å²) in [7, 11) is -3.15. The van der Waals surface area contributed by atoms with E-state index in [9.17, 15) is 17.6 Å². The highest BCUT2D eigenvalue weighted by molar-refractivity contribution is 7.92. The fourth-order valence-corrected chi connectivity index (χ4v) is 6.31. The van der Waals surface area contributed by atoms with Crippen LogP contribution < -0.4 is 0 Å². The van der Waals surface area contributed by atoms with Crippen LogP contribution in [-0.2, 0) is 21.2 Å². The molecule has 0 N–H and O–H groups in total. The van der Waals surface area contributed by atoms with Crippen LogP contribution in [0, 0.1) is 5.82 Å². The SMILES string of the molecule is O=C(Cn1cc(-c2ccc(F)cc2)cn1)N1CC(S(=O)(=O)C2CCCCC2)C1. The Kier molecular flexibility index (Phi) is 5.23. The van der Waals surface area contributed by atoms with Crippen molar-refractivity contribution in [1.82, 2.24) is 14.7 Å². The van der Waals surface area contributed by atoms with Crippen LogP contribution in [0.15, 0.2) is 36.7 Å².